The fourth-order valence-corrected chi connectivity index (χ4v) is 1.84. The zero-order valence-electron chi connectivity index (χ0n) is 8.99. The van der Waals surface area contributed by atoms with Crippen LogP contribution in [0.4, 0.5) is 0 Å². The summed E-state index contributed by atoms with van der Waals surface area (Å²) in [7, 11) is 4.07. The summed E-state index contributed by atoms with van der Waals surface area (Å²) in [6, 6.07) is 0.373. The van der Waals surface area contributed by atoms with Gasteiger partial charge in [0.2, 0.25) is 0 Å². The first-order chi connectivity index (χ1) is 6.70. The van der Waals surface area contributed by atoms with Crippen LogP contribution >= 0.6 is 0 Å². The van der Waals surface area contributed by atoms with E-state index in [1.54, 1.807) is 0 Å². The Labute approximate surface area is 84.1 Å². The number of nitrogens with one attached hydrogen (secondary N) is 1. The van der Waals surface area contributed by atoms with Crippen LogP contribution in [0.3, 0.4) is 0 Å². The van der Waals surface area contributed by atoms with Gasteiger partial charge in [0, 0.05) is 26.7 Å². The molecule has 1 saturated heterocycles. The first-order valence-electron chi connectivity index (χ1n) is 4.97. The maximum Gasteiger partial charge on any atom is 0.104 e. The van der Waals surface area contributed by atoms with Crippen LogP contribution in [0.25, 0.3) is 0 Å². The van der Waals surface area contributed by atoms with Gasteiger partial charge in [-0.25, -0.2) is 0 Å². The van der Waals surface area contributed by atoms with Crippen LogP contribution in [-0.4, -0.2) is 46.6 Å². The van der Waals surface area contributed by atoms with Crippen LogP contribution in [0.5, 0.6) is 0 Å². The van der Waals surface area contributed by atoms with E-state index in [-0.39, 0.29) is 0 Å². The van der Waals surface area contributed by atoms with Gasteiger partial charge in [0.15, 0.2) is 0 Å². The van der Waals surface area contributed by atoms with Crippen molar-refractivity contribution < 1.29 is 0 Å². The molecule has 0 aliphatic carbocycles. The third-order valence-corrected chi connectivity index (χ3v) is 2.97. The summed E-state index contributed by atoms with van der Waals surface area (Å²) in [6.45, 7) is 5.17. The lowest BCUT2D eigenvalue weighted by Crippen LogP contribution is -2.44. The minimum absolute atomic E-state index is 0.373. The highest BCUT2D eigenvalue weighted by Gasteiger charge is 2.24. The second kappa shape index (κ2) is 3.67. The Morgan fingerprint density at radius 1 is 1.43 bits per heavy atom. The fraction of sp³-hybridized carbons (Fsp3) is 0.778. The van der Waals surface area contributed by atoms with Crippen molar-refractivity contribution in [2.75, 3.05) is 26.7 Å². The van der Waals surface area contributed by atoms with E-state index in [0.29, 0.717) is 6.04 Å². The van der Waals surface area contributed by atoms with E-state index < -0.39 is 0 Å². The van der Waals surface area contributed by atoms with Crippen LogP contribution in [0.1, 0.15) is 17.4 Å². The molecular weight excluding hydrogens is 178 g/mol. The predicted molar refractivity (Wildman–Crippen MR) is 54.0 cm³/mol. The lowest BCUT2D eigenvalue weighted by Gasteiger charge is -2.31. The number of nitrogens with zero attached hydrogens (tertiary/aromatic N) is 4. The normalized spacial score (nSPS) is 24.1. The van der Waals surface area contributed by atoms with E-state index in [4.69, 9.17) is 0 Å². The molecule has 1 aliphatic rings. The van der Waals surface area contributed by atoms with Crippen molar-refractivity contribution in [3.05, 3.63) is 11.4 Å². The van der Waals surface area contributed by atoms with E-state index in [1.165, 1.54) is 0 Å². The molecule has 78 valence electrons. The van der Waals surface area contributed by atoms with Crippen molar-refractivity contribution in [2.24, 2.45) is 7.05 Å². The maximum atomic E-state index is 4.22. The first kappa shape index (κ1) is 9.61. The molecule has 1 N–H and O–H groups in total. The SMILES string of the molecule is Cc1c(C2CNCCN2C)nnn1C. The molecule has 1 aliphatic heterocycles. The highest BCUT2D eigenvalue weighted by molar-refractivity contribution is 5.14. The molecule has 1 fully saturated rings. The standard InChI is InChI=1S/C9H17N5/c1-7-9(11-12-14(7)3)8-6-10-4-5-13(8)2/h8,10H,4-6H2,1-3H3. The van der Waals surface area contributed by atoms with Crippen LogP contribution in [0, 0.1) is 6.92 Å². The minimum atomic E-state index is 0.373. The van der Waals surface area contributed by atoms with Gasteiger partial charge >= 0.3 is 0 Å². The van der Waals surface area contributed by atoms with Crippen LogP contribution in [0.15, 0.2) is 0 Å². The summed E-state index contributed by atoms with van der Waals surface area (Å²) in [5, 5.41) is 11.6. The highest BCUT2D eigenvalue weighted by atomic mass is 15.4. The molecule has 5 nitrogen and oxygen atoms in total. The Kier molecular flexibility index (Phi) is 2.52. The summed E-state index contributed by atoms with van der Waals surface area (Å²) in [6.07, 6.45) is 0. The van der Waals surface area contributed by atoms with E-state index in [1.807, 2.05) is 11.7 Å². The molecule has 1 aromatic heterocycles. The molecule has 1 atom stereocenters. The molecule has 14 heavy (non-hydrogen) atoms. The van der Waals surface area contributed by atoms with E-state index in [9.17, 15) is 0 Å². The molecule has 1 aromatic rings. The van der Waals surface area contributed by atoms with Gasteiger partial charge in [-0.3, -0.25) is 9.58 Å². The van der Waals surface area contributed by atoms with Gasteiger partial charge in [-0.15, -0.1) is 5.10 Å². The second-order valence-corrected chi connectivity index (χ2v) is 3.88. The van der Waals surface area contributed by atoms with Gasteiger partial charge < -0.3 is 5.32 Å². The Bertz CT molecular complexity index is 319. The average molecular weight is 195 g/mol. The monoisotopic (exact) mass is 195 g/mol. The quantitative estimate of drug-likeness (QED) is 0.668. The molecule has 0 spiro atoms. The number of rotatable bonds is 1. The molecular formula is C9H17N5. The lowest BCUT2D eigenvalue weighted by atomic mass is 10.1. The zero-order valence-corrected chi connectivity index (χ0v) is 8.99. The molecule has 0 amide bonds. The Balaban J connectivity index is 2.24. The van der Waals surface area contributed by atoms with Gasteiger partial charge in [0.05, 0.1) is 11.7 Å². The van der Waals surface area contributed by atoms with Crippen LogP contribution < -0.4 is 5.32 Å². The number of aromatic nitrogens is 3. The van der Waals surface area contributed by atoms with Crippen molar-refractivity contribution in [1.82, 2.24) is 25.2 Å². The summed E-state index contributed by atoms with van der Waals surface area (Å²) >= 11 is 0. The number of hydrogen-bond acceptors (Lipinski definition) is 4. The van der Waals surface area contributed by atoms with Crippen LogP contribution in [0.2, 0.25) is 0 Å². The number of hydrogen-bond donors (Lipinski definition) is 1. The van der Waals surface area contributed by atoms with Gasteiger partial charge in [0.25, 0.3) is 0 Å². The number of aryl methyl sites for hydroxylation is 1. The minimum Gasteiger partial charge on any atom is -0.313 e. The van der Waals surface area contributed by atoms with Gasteiger partial charge in [0.1, 0.15) is 5.69 Å². The fourth-order valence-electron chi connectivity index (χ4n) is 1.84. The Morgan fingerprint density at radius 2 is 2.21 bits per heavy atom. The molecule has 2 rings (SSSR count). The molecule has 1 unspecified atom stereocenters. The van der Waals surface area contributed by atoms with Gasteiger partial charge in [-0.1, -0.05) is 5.21 Å². The van der Waals surface area contributed by atoms with Crippen LogP contribution in [-0.2, 0) is 7.05 Å². The molecule has 0 aromatic carbocycles. The lowest BCUT2D eigenvalue weighted by molar-refractivity contribution is 0.197. The molecule has 0 radical (unpaired) electrons. The topological polar surface area (TPSA) is 46.0 Å². The smallest absolute Gasteiger partial charge is 0.104 e. The summed E-state index contributed by atoms with van der Waals surface area (Å²) in [5.41, 5.74) is 2.26. The number of likely N-dealkylation sites (N-methyl/N-ethyl adjacent to an activating group) is 1. The first-order valence-corrected chi connectivity index (χ1v) is 4.97. The largest absolute Gasteiger partial charge is 0.313 e. The predicted octanol–water partition coefficient (Wildman–Crippen LogP) is -0.300. The second-order valence-electron chi connectivity index (χ2n) is 3.88. The number of piperazine rings is 1. The highest BCUT2D eigenvalue weighted by Crippen LogP contribution is 2.20. The van der Waals surface area contributed by atoms with E-state index in [0.717, 1.165) is 31.0 Å². The average Bonchev–Trinajstić information content (AvgIpc) is 2.49. The molecule has 0 bridgehead atoms. The van der Waals surface area contributed by atoms with Crippen molar-refractivity contribution in [3.8, 4) is 0 Å². The molecule has 0 saturated carbocycles. The van der Waals surface area contributed by atoms with Gasteiger partial charge in [-0.2, -0.15) is 0 Å². The summed E-state index contributed by atoms with van der Waals surface area (Å²) in [5.74, 6) is 0. The Hall–Kier alpha value is -0.940. The Morgan fingerprint density at radius 3 is 2.79 bits per heavy atom. The third kappa shape index (κ3) is 1.53. The third-order valence-electron chi connectivity index (χ3n) is 2.97. The van der Waals surface area contributed by atoms with Crippen molar-refractivity contribution in [1.29, 1.82) is 0 Å². The van der Waals surface area contributed by atoms with Gasteiger partial charge in [-0.05, 0) is 14.0 Å². The summed E-state index contributed by atoms with van der Waals surface area (Å²) in [4.78, 5) is 2.33. The van der Waals surface area contributed by atoms with Crippen molar-refractivity contribution in [2.45, 2.75) is 13.0 Å². The zero-order chi connectivity index (χ0) is 10.1. The molecule has 5 heteroatoms. The maximum absolute atomic E-state index is 4.22. The van der Waals surface area contributed by atoms with E-state index in [2.05, 4.69) is 34.5 Å². The summed E-state index contributed by atoms with van der Waals surface area (Å²) < 4.78 is 1.83. The molecule has 2 heterocycles. The van der Waals surface area contributed by atoms with Crippen molar-refractivity contribution in [3.63, 3.8) is 0 Å². The van der Waals surface area contributed by atoms with Crippen molar-refractivity contribution >= 4 is 0 Å². The van der Waals surface area contributed by atoms with E-state index >= 15 is 0 Å².